The summed E-state index contributed by atoms with van der Waals surface area (Å²) in [5.74, 6) is 0.567. The molecule has 0 aromatic carbocycles. The van der Waals surface area contributed by atoms with Gasteiger partial charge in [0.15, 0.2) is 5.65 Å². The molecule has 0 saturated carbocycles. The Hall–Kier alpha value is -2.34. The number of halogens is 1. The topological polar surface area (TPSA) is 86.7 Å². The molecule has 3 aromatic heterocycles. The summed E-state index contributed by atoms with van der Waals surface area (Å²) in [5, 5.41) is 13.2. The van der Waals surface area contributed by atoms with E-state index < -0.39 is 0 Å². The number of nitrogens with zero attached hydrogens (tertiary/aromatic N) is 3. The highest BCUT2D eigenvalue weighted by Crippen LogP contribution is 2.34. The fourth-order valence-corrected chi connectivity index (χ4v) is 2.94. The number of fused-ring (bicyclic) bond motifs is 2. The first-order chi connectivity index (χ1) is 10.2. The van der Waals surface area contributed by atoms with Crippen molar-refractivity contribution in [2.75, 3.05) is 5.32 Å². The van der Waals surface area contributed by atoms with E-state index >= 15 is 0 Å². The van der Waals surface area contributed by atoms with E-state index in [9.17, 15) is 5.11 Å². The minimum Gasteiger partial charge on any atom is -0.480 e. The van der Waals surface area contributed by atoms with E-state index in [1.54, 1.807) is 6.07 Å². The van der Waals surface area contributed by atoms with Crippen LogP contribution >= 0.6 is 11.6 Å². The minimum atomic E-state index is -0.166. The third-order valence-electron chi connectivity index (χ3n) is 3.70. The maximum Gasteiger partial charge on any atom is 0.293 e. The molecule has 21 heavy (non-hydrogen) atoms. The Labute approximate surface area is 125 Å². The summed E-state index contributed by atoms with van der Waals surface area (Å²) >= 11 is 6.25. The van der Waals surface area contributed by atoms with Crippen LogP contribution in [0.1, 0.15) is 23.7 Å². The average Bonchev–Trinajstić information content (AvgIpc) is 3.02. The molecule has 1 unspecified atom stereocenters. The van der Waals surface area contributed by atoms with Crippen LogP contribution in [0.4, 0.5) is 5.82 Å². The number of hydrogen-bond acceptors (Lipinski definition) is 5. The highest BCUT2D eigenvalue weighted by Gasteiger charge is 2.24. The fourth-order valence-electron chi connectivity index (χ4n) is 2.73. The molecule has 0 saturated heterocycles. The summed E-state index contributed by atoms with van der Waals surface area (Å²) in [4.78, 5) is 15.4. The van der Waals surface area contributed by atoms with Crippen LogP contribution in [0.5, 0.6) is 6.01 Å². The van der Waals surface area contributed by atoms with Crippen molar-refractivity contribution in [3.63, 3.8) is 0 Å². The molecule has 106 valence electrons. The minimum absolute atomic E-state index is 0.142. The SMILES string of the molecule is Oc1nc2nc(NC3CCc4ncccc43)c(Cl)cc2[nH]1. The maximum atomic E-state index is 9.37. The summed E-state index contributed by atoms with van der Waals surface area (Å²) in [5.41, 5.74) is 3.34. The zero-order chi connectivity index (χ0) is 14.4. The number of pyridine rings is 2. The quantitative estimate of drug-likeness (QED) is 0.677. The summed E-state index contributed by atoms with van der Waals surface area (Å²) < 4.78 is 0. The average molecular weight is 302 g/mol. The van der Waals surface area contributed by atoms with Crippen LogP contribution in [0, 0.1) is 0 Å². The summed E-state index contributed by atoms with van der Waals surface area (Å²) in [6.07, 6.45) is 3.70. The molecule has 0 fully saturated rings. The van der Waals surface area contributed by atoms with E-state index in [0.717, 1.165) is 18.5 Å². The number of aromatic amines is 1. The van der Waals surface area contributed by atoms with Gasteiger partial charge in [0.25, 0.3) is 6.01 Å². The van der Waals surface area contributed by atoms with Crippen molar-refractivity contribution < 1.29 is 5.11 Å². The van der Waals surface area contributed by atoms with Crippen LogP contribution in [-0.2, 0) is 6.42 Å². The van der Waals surface area contributed by atoms with Gasteiger partial charge >= 0.3 is 0 Å². The van der Waals surface area contributed by atoms with Crippen molar-refractivity contribution in [3.05, 3.63) is 40.7 Å². The molecule has 1 atom stereocenters. The molecule has 6 nitrogen and oxygen atoms in total. The number of aryl methyl sites for hydroxylation is 1. The highest BCUT2D eigenvalue weighted by molar-refractivity contribution is 6.33. The largest absolute Gasteiger partial charge is 0.480 e. The monoisotopic (exact) mass is 301 g/mol. The molecule has 3 aromatic rings. The van der Waals surface area contributed by atoms with Crippen molar-refractivity contribution in [2.24, 2.45) is 0 Å². The number of aromatic hydroxyl groups is 1. The van der Waals surface area contributed by atoms with Crippen molar-refractivity contribution in [2.45, 2.75) is 18.9 Å². The number of H-pyrrole nitrogens is 1. The number of rotatable bonds is 2. The van der Waals surface area contributed by atoms with Crippen LogP contribution < -0.4 is 5.32 Å². The maximum absolute atomic E-state index is 9.37. The van der Waals surface area contributed by atoms with Gasteiger partial charge in [0.2, 0.25) is 0 Å². The lowest BCUT2D eigenvalue weighted by molar-refractivity contribution is 0.438. The van der Waals surface area contributed by atoms with E-state index in [2.05, 4.69) is 31.3 Å². The third kappa shape index (κ3) is 2.08. The molecule has 7 heteroatoms. The highest BCUT2D eigenvalue weighted by atomic mass is 35.5. The zero-order valence-corrected chi connectivity index (χ0v) is 11.7. The van der Waals surface area contributed by atoms with Gasteiger partial charge in [-0.15, -0.1) is 0 Å². The summed E-state index contributed by atoms with van der Waals surface area (Å²) in [7, 11) is 0. The van der Waals surface area contributed by atoms with E-state index in [-0.39, 0.29) is 12.1 Å². The third-order valence-corrected chi connectivity index (χ3v) is 3.98. The molecule has 0 radical (unpaired) electrons. The Bertz CT molecular complexity index is 831. The predicted octanol–water partition coefficient (Wildman–Crippen LogP) is 2.81. The standard InChI is InChI=1S/C14H12ClN5O/c15-8-6-11-13(20-14(21)18-11)19-12(8)17-10-4-3-9-7(10)2-1-5-16-9/h1-2,5-6,10H,3-4H2,(H3,17,18,19,20,21). The molecule has 0 spiro atoms. The van der Waals surface area contributed by atoms with Gasteiger partial charge < -0.3 is 15.4 Å². The fraction of sp³-hybridized carbons (Fsp3) is 0.214. The molecule has 3 heterocycles. The van der Waals surface area contributed by atoms with Gasteiger partial charge in [-0.2, -0.15) is 4.98 Å². The Morgan fingerprint density at radius 1 is 1.38 bits per heavy atom. The first-order valence-corrected chi connectivity index (χ1v) is 7.04. The van der Waals surface area contributed by atoms with Gasteiger partial charge in [0.1, 0.15) is 5.82 Å². The molecule has 1 aliphatic carbocycles. The van der Waals surface area contributed by atoms with Gasteiger partial charge in [0, 0.05) is 11.9 Å². The Morgan fingerprint density at radius 3 is 3.19 bits per heavy atom. The number of nitrogens with one attached hydrogen (secondary N) is 2. The van der Waals surface area contributed by atoms with Crippen LogP contribution in [0.15, 0.2) is 24.4 Å². The van der Waals surface area contributed by atoms with E-state index in [4.69, 9.17) is 11.6 Å². The van der Waals surface area contributed by atoms with Crippen LogP contribution in [0.3, 0.4) is 0 Å². The lowest BCUT2D eigenvalue weighted by Gasteiger charge is -2.15. The second-order valence-electron chi connectivity index (χ2n) is 5.03. The molecule has 3 N–H and O–H groups in total. The van der Waals surface area contributed by atoms with Crippen molar-refractivity contribution >= 4 is 28.6 Å². The number of anilines is 1. The Morgan fingerprint density at radius 2 is 2.29 bits per heavy atom. The van der Waals surface area contributed by atoms with Crippen molar-refractivity contribution in [3.8, 4) is 6.01 Å². The lowest BCUT2D eigenvalue weighted by Crippen LogP contribution is -2.09. The molecule has 1 aliphatic rings. The van der Waals surface area contributed by atoms with Gasteiger partial charge in [-0.3, -0.25) is 4.98 Å². The second kappa shape index (κ2) is 4.60. The normalized spacial score (nSPS) is 17.1. The lowest BCUT2D eigenvalue weighted by atomic mass is 10.1. The van der Waals surface area contributed by atoms with Gasteiger partial charge in [-0.1, -0.05) is 17.7 Å². The van der Waals surface area contributed by atoms with Crippen LogP contribution in [0.2, 0.25) is 5.02 Å². The molecular weight excluding hydrogens is 290 g/mol. The van der Waals surface area contributed by atoms with Gasteiger partial charge in [0.05, 0.1) is 16.6 Å². The summed E-state index contributed by atoms with van der Waals surface area (Å²) in [6.45, 7) is 0. The Balaban J connectivity index is 1.70. The number of hydrogen-bond donors (Lipinski definition) is 3. The molecule has 0 amide bonds. The summed E-state index contributed by atoms with van der Waals surface area (Å²) in [6, 6.07) is 5.69. The van der Waals surface area contributed by atoms with Gasteiger partial charge in [-0.05, 0) is 30.5 Å². The van der Waals surface area contributed by atoms with Crippen LogP contribution in [-0.4, -0.2) is 25.0 Å². The second-order valence-corrected chi connectivity index (χ2v) is 5.43. The molecule has 0 aliphatic heterocycles. The van der Waals surface area contributed by atoms with E-state index in [0.29, 0.717) is 22.0 Å². The predicted molar refractivity (Wildman–Crippen MR) is 79.5 cm³/mol. The first kappa shape index (κ1) is 12.4. The zero-order valence-electron chi connectivity index (χ0n) is 11.0. The number of imidazole rings is 1. The van der Waals surface area contributed by atoms with Gasteiger partial charge in [-0.25, -0.2) is 4.98 Å². The van der Waals surface area contributed by atoms with E-state index in [1.807, 2.05) is 12.3 Å². The van der Waals surface area contributed by atoms with E-state index in [1.165, 1.54) is 5.56 Å². The smallest absolute Gasteiger partial charge is 0.293 e. The number of aromatic nitrogens is 4. The molecule has 4 rings (SSSR count). The molecular formula is C14H12ClN5O. The first-order valence-electron chi connectivity index (χ1n) is 6.66. The van der Waals surface area contributed by atoms with Crippen molar-refractivity contribution in [1.82, 2.24) is 19.9 Å². The van der Waals surface area contributed by atoms with Crippen molar-refractivity contribution in [1.29, 1.82) is 0 Å². The Kier molecular flexibility index (Phi) is 2.71. The molecule has 0 bridgehead atoms. The van der Waals surface area contributed by atoms with Crippen LogP contribution in [0.25, 0.3) is 11.2 Å².